The van der Waals surface area contributed by atoms with Crippen LogP contribution in [0.4, 0.5) is 0 Å². The van der Waals surface area contributed by atoms with E-state index in [1.54, 1.807) is 11.1 Å². The van der Waals surface area contributed by atoms with Crippen molar-refractivity contribution in [2.24, 2.45) is 0 Å². The molecule has 0 aliphatic heterocycles. The van der Waals surface area contributed by atoms with Crippen LogP contribution in [0.1, 0.15) is 59.8 Å². The topological polar surface area (TPSA) is 0 Å². The predicted octanol–water partition coefficient (Wildman–Crippen LogP) is 1.28. The third-order valence-electron chi connectivity index (χ3n) is 5.21. The molecule has 149 valence electrons. The van der Waals surface area contributed by atoms with E-state index in [2.05, 4.69) is 75.5 Å². The van der Waals surface area contributed by atoms with Gasteiger partial charge in [0.25, 0.3) is 0 Å². The van der Waals surface area contributed by atoms with E-state index in [9.17, 15) is 0 Å². The van der Waals surface area contributed by atoms with E-state index in [-0.39, 0.29) is 53.1 Å². The molecule has 1 aliphatic carbocycles. The van der Waals surface area contributed by atoms with Crippen molar-refractivity contribution in [3.63, 3.8) is 0 Å². The number of fused-ring (bicyclic) bond motifs is 1. The van der Waals surface area contributed by atoms with Crippen LogP contribution in [-0.4, -0.2) is 5.92 Å². The first kappa shape index (κ1) is 25.9. The fourth-order valence-corrected chi connectivity index (χ4v) is 12.8. The molecule has 0 fully saturated rings. The van der Waals surface area contributed by atoms with E-state index in [1.165, 1.54) is 54.4 Å². The zero-order valence-corrected chi connectivity index (χ0v) is 22.5. The Morgan fingerprint density at radius 3 is 2.21 bits per heavy atom. The molecular formula is C24H31Cl2SiZr. The maximum atomic E-state index is 2.58. The quantitative estimate of drug-likeness (QED) is 0.471. The number of benzene rings is 2. The molecule has 0 heterocycles. The van der Waals surface area contributed by atoms with Gasteiger partial charge in [-0.1, -0.05) is 0 Å². The van der Waals surface area contributed by atoms with Crippen LogP contribution < -0.4 is 24.8 Å². The molecule has 0 bridgehead atoms. The number of unbranched alkanes of at least 4 members (excludes halogenated alkanes) is 1. The molecule has 1 radical (unpaired) electrons. The van der Waals surface area contributed by atoms with E-state index in [0.29, 0.717) is 0 Å². The van der Waals surface area contributed by atoms with Crippen molar-refractivity contribution in [1.82, 2.24) is 0 Å². The van der Waals surface area contributed by atoms with Gasteiger partial charge in [-0.25, -0.2) is 0 Å². The van der Waals surface area contributed by atoms with Crippen LogP contribution in [0.15, 0.2) is 48.0 Å². The Hall–Kier alpha value is -0.140. The molecule has 0 amide bonds. The van der Waals surface area contributed by atoms with Crippen molar-refractivity contribution < 1.29 is 47.2 Å². The number of hydrogen-bond donors (Lipinski definition) is 0. The van der Waals surface area contributed by atoms with Crippen LogP contribution in [0.3, 0.4) is 0 Å². The molecule has 1 unspecified atom stereocenters. The zero-order chi connectivity index (χ0) is 18.5. The van der Waals surface area contributed by atoms with E-state index < -0.39 is 0 Å². The molecule has 0 aromatic heterocycles. The van der Waals surface area contributed by atoms with Crippen LogP contribution in [0.2, 0.25) is 13.1 Å². The molecular weight excluding hydrogens is 478 g/mol. The summed E-state index contributed by atoms with van der Waals surface area (Å²) in [7, 11) is 0. The summed E-state index contributed by atoms with van der Waals surface area (Å²) in [5.41, 5.74) is 9.24. The summed E-state index contributed by atoms with van der Waals surface area (Å²) in [6.45, 7) is 9.63. The smallest absolute Gasteiger partial charge is 1.00 e. The molecule has 0 saturated heterocycles. The fraction of sp³-hybridized carbons (Fsp3) is 0.417. The van der Waals surface area contributed by atoms with Gasteiger partial charge in [0.1, 0.15) is 0 Å². The minimum Gasteiger partial charge on any atom is -1.00 e. The van der Waals surface area contributed by atoms with Gasteiger partial charge in [0.15, 0.2) is 0 Å². The van der Waals surface area contributed by atoms with Crippen molar-refractivity contribution >= 4 is 12.0 Å². The van der Waals surface area contributed by atoms with Gasteiger partial charge in [-0.05, 0) is 0 Å². The summed E-state index contributed by atoms with van der Waals surface area (Å²) in [5.74, 6) is -0.0755. The molecule has 1 aliphatic rings. The minimum atomic E-state index is -0.352. The molecule has 3 rings (SSSR count). The standard InChI is InChI=1S/C22H25.C2H6Si.2ClH.Zr/c1-3-5-8-18-15-20-9-6-10-21(22(20)16-18)19-13-11-17(7-4-2)12-14-19;1-3-2;;;/h6,9-16H,3-5,7-8H2,1-2H3;1-2H3;2*1H;/q;;;;+2/p-2. The normalized spacial score (nSPS) is 14.6. The van der Waals surface area contributed by atoms with E-state index in [4.69, 9.17) is 0 Å². The third kappa shape index (κ3) is 6.18. The van der Waals surface area contributed by atoms with Crippen LogP contribution in [-0.2, 0) is 28.8 Å². The Labute approximate surface area is 196 Å². The third-order valence-corrected chi connectivity index (χ3v) is 14.1. The summed E-state index contributed by atoms with van der Waals surface area (Å²) >= 11 is -0.352. The fourth-order valence-electron chi connectivity index (χ4n) is 3.91. The molecule has 2 aromatic rings. The van der Waals surface area contributed by atoms with Gasteiger partial charge < -0.3 is 24.8 Å². The van der Waals surface area contributed by atoms with E-state index in [0.717, 1.165) is 3.63 Å². The van der Waals surface area contributed by atoms with Gasteiger partial charge in [-0.15, -0.1) is 0 Å². The molecule has 0 saturated carbocycles. The number of hydrogen-bond acceptors (Lipinski definition) is 0. The van der Waals surface area contributed by atoms with Gasteiger partial charge in [0.2, 0.25) is 0 Å². The molecule has 28 heavy (non-hydrogen) atoms. The molecule has 4 heteroatoms. The molecule has 0 spiro atoms. The number of aryl methyl sites for hydroxylation is 1. The number of allylic oxidation sites excluding steroid dienone is 1. The van der Waals surface area contributed by atoms with Crippen molar-refractivity contribution in [2.75, 3.05) is 0 Å². The number of rotatable bonds is 8. The average molecular weight is 510 g/mol. The summed E-state index contributed by atoms with van der Waals surface area (Å²) in [6, 6.07) is 16.4. The minimum absolute atomic E-state index is 0. The van der Waals surface area contributed by atoms with Gasteiger partial charge in [0, 0.05) is 0 Å². The molecule has 0 nitrogen and oxygen atoms in total. The zero-order valence-electron chi connectivity index (χ0n) is 17.5. The Kier molecular flexibility index (Phi) is 11.6. The first-order chi connectivity index (χ1) is 12.6. The van der Waals surface area contributed by atoms with E-state index in [1.807, 2.05) is 0 Å². The second kappa shape index (κ2) is 12.5. The van der Waals surface area contributed by atoms with Crippen molar-refractivity contribution in [2.45, 2.75) is 62.7 Å². The second-order valence-electron chi connectivity index (χ2n) is 7.66. The van der Waals surface area contributed by atoms with Crippen LogP contribution >= 0.6 is 0 Å². The SMILES string of the molecule is CCCCC1=Cc2c(-c3ccc(CCC)cc3)cccc2[CH]1[Zr+2][Si](C)C.[Cl-].[Cl-]. The Morgan fingerprint density at radius 2 is 1.61 bits per heavy atom. The number of halogens is 2. The monoisotopic (exact) mass is 507 g/mol. The Bertz CT molecular complexity index is 769. The van der Waals surface area contributed by atoms with Crippen molar-refractivity contribution in [3.05, 3.63) is 64.7 Å². The summed E-state index contributed by atoms with van der Waals surface area (Å²) in [4.78, 5) is 0. The summed E-state index contributed by atoms with van der Waals surface area (Å²) in [6.07, 6.45) is 8.92. The van der Waals surface area contributed by atoms with Crippen LogP contribution in [0.5, 0.6) is 0 Å². The summed E-state index contributed by atoms with van der Waals surface area (Å²) < 4.78 is 0.836. The first-order valence-electron chi connectivity index (χ1n) is 10.1. The van der Waals surface area contributed by atoms with Crippen LogP contribution in [0.25, 0.3) is 17.2 Å². The van der Waals surface area contributed by atoms with Gasteiger partial charge in [0.05, 0.1) is 0 Å². The average Bonchev–Trinajstić information content (AvgIpc) is 2.98. The van der Waals surface area contributed by atoms with Crippen LogP contribution in [0, 0.1) is 0 Å². The van der Waals surface area contributed by atoms with Gasteiger partial charge in [-0.2, -0.15) is 0 Å². The predicted molar refractivity (Wildman–Crippen MR) is 114 cm³/mol. The first-order valence-corrected chi connectivity index (χ1v) is 17.7. The molecule has 1 atom stereocenters. The van der Waals surface area contributed by atoms with Gasteiger partial charge >= 0.3 is 173 Å². The van der Waals surface area contributed by atoms with Crippen molar-refractivity contribution in [3.8, 4) is 11.1 Å². The summed E-state index contributed by atoms with van der Waals surface area (Å²) in [5, 5.41) is 0. The van der Waals surface area contributed by atoms with Crippen molar-refractivity contribution in [1.29, 1.82) is 0 Å². The molecule has 0 N–H and O–H groups in total. The maximum absolute atomic E-state index is 2.58. The van der Waals surface area contributed by atoms with E-state index >= 15 is 0 Å². The van der Waals surface area contributed by atoms with Gasteiger partial charge in [-0.3, -0.25) is 0 Å². The Balaban J connectivity index is 0.00000196. The Morgan fingerprint density at radius 1 is 0.893 bits per heavy atom. The largest absolute Gasteiger partial charge is 1.00 e. The second-order valence-corrected chi connectivity index (χ2v) is 20.9. The molecule has 2 aromatic carbocycles. The maximum Gasteiger partial charge on any atom is -1.00 e.